The van der Waals surface area contributed by atoms with E-state index in [1.807, 2.05) is 12.1 Å². The molecule has 2 aromatic heterocycles. The molecular weight excluding hydrogens is 284 g/mol. The Morgan fingerprint density at radius 2 is 2.24 bits per heavy atom. The molecule has 0 bridgehead atoms. The van der Waals surface area contributed by atoms with E-state index in [2.05, 4.69) is 20.9 Å². The molecule has 0 amide bonds. The lowest BCUT2D eigenvalue weighted by atomic mass is 10.2. The van der Waals surface area contributed by atoms with Gasteiger partial charge in [0.2, 0.25) is 0 Å². The van der Waals surface area contributed by atoms with Crippen LogP contribution in [0.5, 0.6) is 0 Å². The summed E-state index contributed by atoms with van der Waals surface area (Å²) >= 11 is 3.31. The van der Waals surface area contributed by atoms with Gasteiger partial charge in [0.1, 0.15) is 5.69 Å². The number of rotatable bonds is 3. The minimum Gasteiger partial charge on any atom is -0.477 e. The highest BCUT2D eigenvalue weighted by atomic mass is 79.9. The standard InChI is InChI=1S/C12H11BrN2O2/c1-8-4-5-15(11(8)12(16)17)7-10-3-2-9(13)6-14-10/h2-6H,7H2,1H3,(H,16,17). The predicted octanol–water partition coefficient (Wildman–Crippen LogP) is 2.70. The quantitative estimate of drug-likeness (QED) is 0.947. The summed E-state index contributed by atoms with van der Waals surface area (Å²) in [6.07, 6.45) is 3.47. The molecule has 0 atom stereocenters. The monoisotopic (exact) mass is 294 g/mol. The summed E-state index contributed by atoms with van der Waals surface area (Å²) in [5.41, 5.74) is 1.90. The van der Waals surface area contributed by atoms with E-state index in [0.717, 1.165) is 15.7 Å². The fourth-order valence-electron chi connectivity index (χ4n) is 1.68. The van der Waals surface area contributed by atoms with E-state index in [-0.39, 0.29) is 0 Å². The topological polar surface area (TPSA) is 55.1 Å². The maximum atomic E-state index is 11.1. The molecular formula is C12H11BrN2O2. The molecule has 1 N–H and O–H groups in total. The highest BCUT2D eigenvalue weighted by Gasteiger charge is 2.13. The molecule has 0 aliphatic rings. The third-order valence-electron chi connectivity index (χ3n) is 2.49. The molecule has 0 aliphatic carbocycles. The van der Waals surface area contributed by atoms with Gasteiger partial charge in [-0.1, -0.05) is 0 Å². The number of carbonyl (C=O) groups is 1. The lowest BCUT2D eigenvalue weighted by Crippen LogP contribution is -2.10. The number of carboxylic acids is 1. The summed E-state index contributed by atoms with van der Waals surface area (Å²) in [7, 11) is 0. The summed E-state index contributed by atoms with van der Waals surface area (Å²) in [4.78, 5) is 15.3. The van der Waals surface area contributed by atoms with E-state index >= 15 is 0 Å². The normalized spacial score (nSPS) is 10.5. The van der Waals surface area contributed by atoms with Gasteiger partial charge in [-0.15, -0.1) is 0 Å². The fourth-order valence-corrected chi connectivity index (χ4v) is 1.91. The molecule has 4 nitrogen and oxygen atoms in total. The Morgan fingerprint density at radius 1 is 1.47 bits per heavy atom. The molecule has 0 unspecified atom stereocenters. The van der Waals surface area contributed by atoms with Gasteiger partial charge >= 0.3 is 5.97 Å². The van der Waals surface area contributed by atoms with E-state index in [9.17, 15) is 4.79 Å². The van der Waals surface area contributed by atoms with Crippen molar-refractivity contribution >= 4 is 21.9 Å². The van der Waals surface area contributed by atoms with Crippen LogP contribution in [0, 0.1) is 6.92 Å². The molecule has 0 saturated heterocycles. The molecule has 0 spiro atoms. The molecule has 2 aromatic rings. The van der Waals surface area contributed by atoms with Crippen LogP contribution < -0.4 is 0 Å². The number of aromatic carboxylic acids is 1. The van der Waals surface area contributed by atoms with Crippen molar-refractivity contribution in [3.05, 3.63) is 52.0 Å². The summed E-state index contributed by atoms with van der Waals surface area (Å²) in [6, 6.07) is 5.55. The molecule has 0 fully saturated rings. The third-order valence-corrected chi connectivity index (χ3v) is 2.96. The second-order valence-electron chi connectivity index (χ2n) is 3.75. The summed E-state index contributed by atoms with van der Waals surface area (Å²) in [5.74, 6) is -0.912. The first-order chi connectivity index (χ1) is 8.08. The average molecular weight is 295 g/mol. The van der Waals surface area contributed by atoms with Crippen molar-refractivity contribution in [2.75, 3.05) is 0 Å². The van der Waals surface area contributed by atoms with Crippen molar-refractivity contribution in [2.24, 2.45) is 0 Å². The van der Waals surface area contributed by atoms with Crippen LogP contribution in [0.1, 0.15) is 21.7 Å². The molecule has 17 heavy (non-hydrogen) atoms. The maximum Gasteiger partial charge on any atom is 0.352 e. The number of aromatic nitrogens is 2. The van der Waals surface area contributed by atoms with Gasteiger partial charge in [0.05, 0.1) is 12.2 Å². The van der Waals surface area contributed by atoms with Crippen LogP contribution in [0.2, 0.25) is 0 Å². The molecule has 2 rings (SSSR count). The summed E-state index contributed by atoms with van der Waals surface area (Å²) in [6.45, 7) is 2.25. The van der Waals surface area contributed by atoms with Crippen molar-refractivity contribution in [3.63, 3.8) is 0 Å². The van der Waals surface area contributed by atoms with Crippen LogP contribution in [0.4, 0.5) is 0 Å². The maximum absolute atomic E-state index is 11.1. The smallest absolute Gasteiger partial charge is 0.352 e. The molecule has 0 aliphatic heterocycles. The van der Waals surface area contributed by atoms with E-state index in [1.54, 1.807) is 30.0 Å². The van der Waals surface area contributed by atoms with Crippen LogP contribution >= 0.6 is 15.9 Å². The molecule has 2 heterocycles. The van der Waals surface area contributed by atoms with Crippen molar-refractivity contribution in [3.8, 4) is 0 Å². The lowest BCUT2D eigenvalue weighted by Gasteiger charge is -2.06. The zero-order valence-corrected chi connectivity index (χ0v) is 10.8. The number of pyridine rings is 1. The fraction of sp³-hybridized carbons (Fsp3) is 0.167. The Balaban J connectivity index is 2.30. The van der Waals surface area contributed by atoms with E-state index in [1.165, 1.54) is 0 Å². The highest BCUT2D eigenvalue weighted by molar-refractivity contribution is 9.10. The number of hydrogen-bond donors (Lipinski definition) is 1. The van der Waals surface area contributed by atoms with E-state index in [4.69, 9.17) is 5.11 Å². The highest BCUT2D eigenvalue weighted by Crippen LogP contribution is 2.13. The predicted molar refractivity (Wildman–Crippen MR) is 67.2 cm³/mol. The summed E-state index contributed by atoms with van der Waals surface area (Å²) < 4.78 is 2.59. The van der Waals surface area contributed by atoms with E-state index < -0.39 is 5.97 Å². The Kier molecular flexibility index (Phi) is 3.28. The minimum atomic E-state index is -0.912. The van der Waals surface area contributed by atoms with Crippen LogP contribution in [0.15, 0.2) is 35.1 Å². The van der Waals surface area contributed by atoms with Gasteiger partial charge in [0, 0.05) is 16.9 Å². The van der Waals surface area contributed by atoms with Crippen LogP contribution in [-0.2, 0) is 6.54 Å². The van der Waals surface area contributed by atoms with Gasteiger partial charge in [0.15, 0.2) is 0 Å². The Morgan fingerprint density at radius 3 is 2.82 bits per heavy atom. The van der Waals surface area contributed by atoms with Gasteiger partial charge < -0.3 is 9.67 Å². The first-order valence-electron chi connectivity index (χ1n) is 5.07. The summed E-state index contributed by atoms with van der Waals surface area (Å²) in [5, 5.41) is 9.11. The zero-order valence-electron chi connectivity index (χ0n) is 9.22. The van der Waals surface area contributed by atoms with E-state index in [0.29, 0.717) is 12.2 Å². The first-order valence-corrected chi connectivity index (χ1v) is 5.86. The largest absolute Gasteiger partial charge is 0.477 e. The van der Waals surface area contributed by atoms with Crippen molar-refractivity contribution in [2.45, 2.75) is 13.5 Å². The lowest BCUT2D eigenvalue weighted by molar-refractivity contribution is 0.0685. The van der Waals surface area contributed by atoms with Crippen molar-refractivity contribution in [1.82, 2.24) is 9.55 Å². The van der Waals surface area contributed by atoms with Gasteiger partial charge in [-0.3, -0.25) is 4.98 Å². The molecule has 0 radical (unpaired) electrons. The van der Waals surface area contributed by atoms with Crippen LogP contribution in [0.3, 0.4) is 0 Å². The molecule has 88 valence electrons. The Bertz CT molecular complexity index is 546. The number of nitrogens with zero attached hydrogens (tertiary/aromatic N) is 2. The number of carboxylic acid groups (broad SMARTS) is 1. The second-order valence-corrected chi connectivity index (χ2v) is 4.66. The third kappa shape index (κ3) is 2.55. The minimum absolute atomic E-state index is 0.315. The van der Waals surface area contributed by atoms with Crippen LogP contribution in [-0.4, -0.2) is 20.6 Å². The second kappa shape index (κ2) is 4.71. The molecule has 0 saturated carbocycles. The first kappa shape index (κ1) is 11.9. The average Bonchev–Trinajstić information content (AvgIpc) is 2.63. The zero-order chi connectivity index (χ0) is 12.4. The van der Waals surface area contributed by atoms with Gasteiger partial charge in [0.25, 0.3) is 0 Å². The van der Waals surface area contributed by atoms with Crippen LogP contribution in [0.25, 0.3) is 0 Å². The number of hydrogen-bond acceptors (Lipinski definition) is 2. The van der Waals surface area contributed by atoms with Gasteiger partial charge in [-0.2, -0.15) is 0 Å². The number of halogens is 1. The van der Waals surface area contributed by atoms with Gasteiger partial charge in [-0.25, -0.2) is 4.79 Å². The van der Waals surface area contributed by atoms with Gasteiger partial charge in [-0.05, 0) is 46.6 Å². The SMILES string of the molecule is Cc1ccn(Cc2ccc(Br)cn2)c1C(=O)O. The molecule has 5 heteroatoms. The Labute approximate surface area is 107 Å². The number of aryl methyl sites for hydroxylation is 1. The molecule has 0 aromatic carbocycles. The van der Waals surface area contributed by atoms with Crippen molar-refractivity contribution < 1.29 is 9.90 Å². The Hall–Kier alpha value is -1.62. The van der Waals surface area contributed by atoms with Crippen molar-refractivity contribution in [1.29, 1.82) is 0 Å².